The van der Waals surface area contributed by atoms with Crippen molar-refractivity contribution in [2.45, 2.75) is 35.9 Å². The molecule has 1 heterocycles. The minimum absolute atomic E-state index is 0.139. The van der Waals surface area contributed by atoms with Gasteiger partial charge < -0.3 is 16.0 Å². The maximum Gasteiger partial charge on any atom is 0.270 e. The molecule has 2 aliphatic rings. The molecule has 4 rings (SSSR count). The number of sulfone groups is 1. The van der Waals surface area contributed by atoms with E-state index in [0.29, 0.717) is 16.7 Å². The number of carbonyl (C=O) groups excluding carboxylic acids is 2. The number of nitrogens with two attached hydrogens (primary N) is 1. The van der Waals surface area contributed by atoms with Gasteiger partial charge in [0.25, 0.3) is 11.8 Å². The molecule has 170 valence electrons. The van der Waals surface area contributed by atoms with E-state index in [1.807, 2.05) is 5.32 Å². The largest absolute Gasteiger partial charge is 0.343 e. The van der Waals surface area contributed by atoms with Crippen LogP contribution in [0.15, 0.2) is 41.3 Å². The number of nitrogens with one attached hydrogen (secondary N) is 1. The third-order valence-corrected chi connectivity index (χ3v) is 7.33. The lowest BCUT2D eigenvalue weighted by molar-refractivity contribution is -0.119. The lowest BCUT2D eigenvalue weighted by Gasteiger charge is -2.25. The van der Waals surface area contributed by atoms with E-state index in [4.69, 9.17) is 17.3 Å². The van der Waals surface area contributed by atoms with Gasteiger partial charge in [-0.25, -0.2) is 21.6 Å². The number of carbonyl (C=O) groups is 2. The smallest absolute Gasteiger partial charge is 0.270 e. The number of nitrogens with zero attached hydrogens (tertiary/aromatic N) is 1. The van der Waals surface area contributed by atoms with Crippen molar-refractivity contribution in [2.75, 3.05) is 10.7 Å². The molecule has 0 radical (unpaired) electrons. The van der Waals surface area contributed by atoms with Crippen LogP contribution in [0.5, 0.6) is 0 Å². The Bertz CT molecular complexity index is 1220. The Morgan fingerprint density at radius 1 is 1.25 bits per heavy atom. The highest BCUT2D eigenvalue weighted by Gasteiger charge is 2.58. The first-order chi connectivity index (χ1) is 14.9. The number of hydrogen-bond donors (Lipinski definition) is 2. The van der Waals surface area contributed by atoms with Crippen molar-refractivity contribution in [2.24, 2.45) is 5.73 Å². The van der Waals surface area contributed by atoms with Crippen LogP contribution >= 0.6 is 11.6 Å². The standard InChI is InChI=1S/C20H17ClF3N3O4S/c21-11-3-1-10(2-4-11)8-27-15-5-12(18(28)26-17-7-20(17,23)24)13(22)6-16(15)32(30,31)9-14(25)19(27)29/h1-6,14,17H,7-9,25H2,(H,26,28)/t14-,17?/m0/s1. The second-order valence-corrected chi connectivity index (χ2v) is 10.2. The van der Waals surface area contributed by atoms with E-state index in [2.05, 4.69) is 0 Å². The molecule has 1 aliphatic carbocycles. The quantitative estimate of drug-likeness (QED) is 0.687. The minimum Gasteiger partial charge on any atom is -0.343 e. The molecule has 1 fully saturated rings. The number of anilines is 1. The van der Waals surface area contributed by atoms with Crippen molar-refractivity contribution in [3.05, 3.63) is 58.4 Å². The normalized spacial score (nSPS) is 23.3. The van der Waals surface area contributed by atoms with Crippen LogP contribution in [0.2, 0.25) is 5.02 Å². The molecule has 32 heavy (non-hydrogen) atoms. The summed E-state index contributed by atoms with van der Waals surface area (Å²) in [7, 11) is -4.19. The van der Waals surface area contributed by atoms with Crippen molar-refractivity contribution in [3.63, 3.8) is 0 Å². The third kappa shape index (κ3) is 4.19. The molecule has 1 aliphatic heterocycles. The summed E-state index contributed by atoms with van der Waals surface area (Å²) in [4.78, 5) is 25.9. The zero-order valence-corrected chi connectivity index (χ0v) is 17.9. The maximum atomic E-state index is 14.7. The number of benzene rings is 2. The fraction of sp³-hybridized carbons (Fsp3) is 0.300. The highest BCUT2D eigenvalue weighted by molar-refractivity contribution is 7.91. The lowest BCUT2D eigenvalue weighted by atomic mass is 10.1. The number of amides is 2. The van der Waals surface area contributed by atoms with E-state index in [-0.39, 0.29) is 12.2 Å². The first-order valence-corrected chi connectivity index (χ1v) is 11.5. The molecule has 2 atom stereocenters. The summed E-state index contributed by atoms with van der Waals surface area (Å²) in [5.41, 5.74) is 5.44. The summed E-state index contributed by atoms with van der Waals surface area (Å²) in [6.45, 7) is -0.139. The Hall–Kier alpha value is -2.63. The predicted octanol–water partition coefficient (Wildman–Crippen LogP) is 2.26. The van der Waals surface area contributed by atoms with Gasteiger partial charge in [-0.05, 0) is 29.8 Å². The van der Waals surface area contributed by atoms with Gasteiger partial charge in [0, 0.05) is 11.4 Å². The van der Waals surface area contributed by atoms with Gasteiger partial charge >= 0.3 is 0 Å². The van der Waals surface area contributed by atoms with Crippen LogP contribution < -0.4 is 16.0 Å². The van der Waals surface area contributed by atoms with Gasteiger partial charge in [0.15, 0.2) is 9.84 Å². The van der Waals surface area contributed by atoms with Crippen LogP contribution in [0.3, 0.4) is 0 Å². The molecule has 2 aromatic rings. The van der Waals surface area contributed by atoms with Gasteiger partial charge in [0.2, 0.25) is 5.91 Å². The molecule has 3 N–H and O–H groups in total. The van der Waals surface area contributed by atoms with Crippen molar-refractivity contribution in [1.29, 1.82) is 0 Å². The highest BCUT2D eigenvalue weighted by atomic mass is 35.5. The Kier molecular flexibility index (Phi) is 5.46. The van der Waals surface area contributed by atoms with Gasteiger partial charge in [0.05, 0.1) is 40.5 Å². The Labute approximate surface area is 186 Å². The molecule has 2 amide bonds. The average Bonchev–Trinajstić information content (AvgIpc) is 3.32. The Balaban J connectivity index is 1.80. The Morgan fingerprint density at radius 3 is 2.47 bits per heavy atom. The average molecular weight is 488 g/mol. The fourth-order valence-corrected chi connectivity index (χ4v) is 5.13. The van der Waals surface area contributed by atoms with Gasteiger partial charge in [-0.15, -0.1) is 0 Å². The lowest BCUT2D eigenvalue weighted by Crippen LogP contribution is -2.45. The second kappa shape index (κ2) is 7.75. The molecule has 12 heteroatoms. The SMILES string of the molecule is N[C@H]1CS(=O)(=O)c2cc(F)c(C(=O)NC3CC3(F)F)cc2N(Cc2ccc(Cl)cc2)C1=O. The van der Waals surface area contributed by atoms with E-state index in [1.54, 1.807) is 24.3 Å². The first-order valence-electron chi connectivity index (χ1n) is 9.45. The van der Waals surface area contributed by atoms with Crippen LogP contribution in [-0.4, -0.2) is 44.0 Å². The van der Waals surface area contributed by atoms with Crippen LogP contribution in [0.25, 0.3) is 0 Å². The second-order valence-electron chi connectivity index (χ2n) is 7.73. The van der Waals surface area contributed by atoms with Gasteiger partial charge in [-0.2, -0.15) is 0 Å². The van der Waals surface area contributed by atoms with E-state index in [0.717, 1.165) is 11.0 Å². The van der Waals surface area contributed by atoms with Crippen LogP contribution in [0.4, 0.5) is 18.9 Å². The topological polar surface area (TPSA) is 110 Å². The zero-order chi connectivity index (χ0) is 23.4. The van der Waals surface area contributed by atoms with Gasteiger partial charge in [-0.1, -0.05) is 23.7 Å². The Morgan fingerprint density at radius 2 is 1.88 bits per heavy atom. The summed E-state index contributed by atoms with van der Waals surface area (Å²) in [6.07, 6.45) is -0.574. The summed E-state index contributed by atoms with van der Waals surface area (Å²) in [6, 6.07) is 4.97. The van der Waals surface area contributed by atoms with Crippen molar-refractivity contribution in [3.8, 4) is 0 Å². The van der Waals surface area contributed by atoms with E-state index in [9.17, 15) is 31.2 Å². The van der Waals surface area contributed by atoms with Gasteiger partial charge in [-0.3, -0.25) is 9.59 Å². The predicted molar refractivity (Wildman–Crippen MR) is 110 cm³/mol. The zero-order valence-electron chi connectivity index (χ0n) is 16.3. The molecular formula is C20H17ClF3N3O4S. The van der Waals surface area contributed by atoms with Crippen LogP contribution in [0.1, 0.15) is 22.3 Å². The fourth-order valence-electron chi connectivity index (χ4n) is 3.44. The summed E-state index contributed by atoms with van der Waals surface area (Å²) < 4.78 is 66.5. The monoisotopic (exact) mass is 487 g/mol. The number of fused-ring (bicyclic) bond motifs is 1. The number of rotatable bonds is 4. The van der Waals surface area contributed by atoms with Crippen molar-refractivity contribution >= 4 is 38.9 Å². The number of hydrogen-bond acceptors (Lipinski definition) is 5. The molecule has 1 unspecified atom stereocenters. The van der Waals surface area contributed by atoms with E-state index >= 15 is 0 Å². The molecule has 1 saturated carbocycles. The molecular weight excluding hydrogens is 471 g/mol. The molecule has 0 aromatic heterocycles. The maximum absolute atomic E-state index is 14.7. The number of halogens is 4. The van der Waals surface area contributed by atoms with Crippen molar-refractivity contribution < 1.29 is 31.2 Å². The van der Waals surface area contributed by atoms with E-state index < -0.39 is 68.1 Å². The summed E-state index contributed by atoms with van der Waals surface area (Å²) in [5.74, 6) is -6.95. The van der Waals surface area contributed by atoms with Gasteiger partial charge in [0.1, 0.15) is 5.82 Å². The van der Waals surface area contributed by atoms with Crippen LogP contribution in [-0.2, 0) is 21.2 Å². The highest BCUT2D eigenvalue weighted by Crippen LogP contribution is 2.42. The number of alkyl halides is 2. The summed E-state index contributed by atoms with van der Waals surface area (Å²) >= 11 is 5.87. The third-order valence-electron chi connectivity index (χ3n) is 5.29. The molecule has 7 nitrogen and oxygen atoms in total. The van der Waals surface area contributed by atoms with E-state index in [1.165, 1.54) is 0 Å². The first kappa shape index (κ1) is 22.6. The molecule has 0 spiro atoms. The van der Waals surface area contributed by atoms with Crippen molar-refractivity contribution in [1.82, 2.24) is 5.32 Å². The van der Waals surface area contributed by atoms with Crippen LogP contribution in [0, 0.1) is 5.82 Å². The molecule has 0 bridgehead atoms. The summed E-state index contributed by atoms with van der Waals surface area (Å²) in [5, 5.41) is 2.45. The molecule has 2 aromatic carbocycles. The molecule has 0 saturated heterocycles. The minimum atomic E-state index is -4.19.